The van der Waals surface area contributed by atoms with Crippen LogP contribution in [0.3, 0.4) is 0 Å². The molecule has 1 aliphatic rings. The maximum Gasteiger partial charge on any atom is 0.227 e. The third kappa shape index (κ3) is 4.47. The summed E-state index contributed by atoms with van der Waals surface area (Å²) in [6.07, 6.45) is 3.80. The fourth-order valence-corrected chi connectivity index (χ4v) is 2.62. The number of nitrogens with one attached hydrogen (secondary N) is 1. The first-order valence-electron chi connectivity index (χ1n) is 6.84. The van der Waals surface area contributed by atoms with E-state index in [-0.39, 0.29) is 30.3 Å². The number of hydrogen-bond donors (Lipinski definition) is 2. The maximum atomic E-state index is 12.3. The Kier molecular flexibility index (Phi) is 6.99. The molecule has 112 valence electrons. The Bertz CT molecular complexity index is 440. The van der Waals surface area contributed by atoms with E-state index in [0.717, 1.165) is 36.9 Å². The van der Waals surface area contributed by atoms with Gasteiger partial charge in [-0.2, -0.15) is 0 Å². The summed E-state index contributed by atoms with van der Waals surface area (Å²) in [6, 6.07) is 7.90. The second-order valence-corrected chi connectivity index (χ2v) is 5.20. The molecule has 1 fully saturated rings. The van der Waals surface area contributed by atoms with E-state index in [1.165, 1.54) is 0 Å². The molecule has 2 rings (SSSR count). The molecular formula is C15H23ClN2O2. The Morgan fingerprint density at radius 1 is 1.40 bits per heavy atom. The minimum atomic E-state index is 0. The van der Waals surface area contributed by atoms with Crippen molar-refractivity contribution in [3.63, 3.8) is 0 Å². The van der Waals surface area contributed by atoms with Gasteiger partial charge in [-0.1, -0.05) is 24.6 Å². The zero-order valence-electron chi connectivity index (χ0n) is 11.8. The van der Waals surface area contributed by atoms with Gasteiger partial charge in [-0.15, -0.1) is 12.4 Å². The van der Waals surface area contributed by atoms with Crippen molar-refractivity contribution in [1.82, 2.24) is 0 Å². The van der Waals surface area contributed by atoms with Crippen LogP contribution < -0.4 is 11.1 Å². The minimum absolute atomic E-state index is 0. The standard InChI is InChI=1S/C15H22N2O2.ClH/c1-19-10-12-5-2-3-8-14(12)17-15(18)11-6-4-7-13(16)9-11;/h2-3,5,8,11,13H,4,6-7,9-10,16H2,1H3,(H,17,18);1H. The molecule has 0 saturated heterocycles. The number of methoxy groups -OCH3 is 1. The average molecular weight is 299 g/mol. The number of anilines is 1. The predicted molar refractivity (Wildman–Crippen MR) is 83.0 cm³/mol. The lowest BCUT2D eigenvalue weighted by Crippen LogP contribution is -2.34. The predicted octanol–water partition coefficient (Wildman–Crippen LogP) is 2.71. The van der Waals surface area contributed by atoms with Crippen molar-refractivity contribution in [3.05, 3.63) is 29.8 Å². The van der Waals surface area contributed by atoms with Crippen molar-refractivity contribution in [2.75, 3.05) is 12.4 Å². The van der Waals surface area contributed by atoms with Crippen LogP contribution in [-0.2, 0) is 16.1 Å². The smallest absolute Gasteiger partial charge is 0.227 e. The second kappa shape index (κ2) is 8.25. The molecule has 4 nitrogen and oxygen atoms in total. The topological polar surface area (TPSA) is 64.3 Å². The summed E-state index contributed by atoms with van der Waals surface area (Å²) in [6.45, 7) is 0.501. The van der Waals surface area contributed by atoms with Crippen molar-refractivity contribution in [3.8, 4) is 0 Å². The Morgan fingerprint density at radius 3 is 2.85 bits per heavy atom. The van der Waals surface area contributed by atoms with Gasteiger partial charge in [-0.25, -0.2) is 0 Å². The lowest BCUT2D eigenvalue weighted by molar-refractivity contribution is -0.120. The molecule has 20 heavy (non-hydrogen) atoms. The Balaban J connectivity index is 0.00000200. The number of benzene rings is 1. The van der Waals surface area contributed by atoms with Crippen LogP contribution in [0.2, 0.25) is 0 Å². The van der Waals surface area contributed by atoms with E-state index in [4.69, 9.17) is 10.5 Å². The number of halogens is 1. The number of amides is 1. The van der Waals surface area contributed by atoms with E-state index >= 15 is 0 Å². The molecule has 0 aliphatic heterocycles. The number of para-hydroxylation sites is 1. The van der Waals surface area contributed by atoms with E-state index in [9.17, 15) is 4.79 Å². The number of rotatable bonds is 4. The largest absolute Gasteiger partial charge is 0.380 e. The Labute approximate surface area is 126 Å². The number of carbonyl (C=O) groups excluding carboxylic acids is 1. The van der Waals surface area contributed by atoms with Crippen LogP contribution in [-0.4, -0.2) is 19.1 Å². The van der Waals surface area contributed by atoms with Gasteiger partial charge in [0.1, 0.15) is 0 Å². The van der Waals surface area contributed by atoms with Gasteiger partial charge in [0.25, 0.3) is 0 Å². The van der Waals surface area contributed by atoms with Crippen molar-refractivity contribution < 1.29 is 9.53 Å². The van der Waals surface area contributed by atoms with E-state index in [2.05, 4.69) is 5.32 Å². The molecule has 2 atom stereocenters. The van der Waals surface area contributed by atoms with E-state index in [0.29, 0.717) is 6.61 Å². The number of carbonyl (C=O) groups is 1. The molecule has 3 N–H and O–H groups in total. The number of ether oxygens (including phenoxy) is 1. The molecule has 0 heterocycles. The van der Waals surface area contributed by atoms with Gasteiger partial charge >= 0.3 is 0 Å². The van der Waals surface area contributed by atoms with Crippen LogP contribution >= 0.6 is 12.4 Å². The van der Waals surface area contributed by atoms with Crippen LogP contribution in [0.25, 0.3) is 0 Å². The molecular weight excluding hydrogens is 276 g/mol. The second-order valence-electron chi connectivity index (χ2n) is 5.20. The van der Waals surface area contributed by atoms with E-state index in [1.54, 1.807) is 7.11 Å². The van der Waals surface area contributed by atoms with Crippen LogP contribution in [0.5, 0.6) is 0 Å². The molecule has 5 heteroatoms. The van der Waals surface area contributed by atoms with Gasteiger partial charge in [0.15, 0.2) is 0 Å². The SMILES string of the molecule is COCc1ccccc1NC(=O)C1CCCC(N)C1.Cl. The van der Waals surface area contributed by atoms with Crippen molar-refractivity contribution >= 4 is 24.0 Å². The number of nitrogens with two attached hydrogens (primary N) is 1. The minimum Gasteiger partial charge on any atom is -0.380 e. The van der Waals surface area contributed by atoms with Crippen LogP contribution in [0, 0.1) is 5.92 Å². The van der Waals surface area contributed by atoms with Crippen LogP contribution in [0.4, 0.5) is 5.69 Å². The molecule has 0 aromatic heterocycles. The monoisotopic (exact) mass is 298 g/mol. The molecule has 0 bridgehead atoms. The molecule has 1 aliphatic carbocycles. The average Bonchev–Trinajstić information content (AvgIpc) is 2.41. The highest BCUT2D eigenvalue weighted by atomic mass is 35.5. The van der Waals surface area contributed by atoms with Gasteiger partial charge in [-0.3, -0.25) is 4.79 Å². The fourth-order valence-electron chi connectivity index (χ4n) is 2.62. The highest BCUT2D eigenvalue weighted by Crippen LogP contribution is 2.25. The van der Waals surface area contributed by atoms with Gasteiger partial charge in [0.05, 0.1) is 6.61 Å². The Morgan fingerprint density at radius 2 is 2.15 bits per heavy atom. The van der Waals surface area contributed by atoms with Crippen molar-refractivity contribution in [2.24, 2.45) is 11.7 Å². The normalized spacial score (nSPS) is 21.9. The van der Waals surface area contributed by atoms with Crippen LogP contribution in [0.1, 0.15) is 31.2 Å². The zero-order chi connectivity index (χ0) is 13.7. The molecule has 0 spiro atoms. The highest BCUT2D eigenvalue weighted by Gasteiger charge is 2.25. The fraction of sp³-hybridized carbons (Fsp3) is 0.533. The first-order valence-corrected chi connectivity index (χ1v) is 6.84. The quantitative estimate of drug-likeness (QED) is 0.898. The summed E-state index contributed by atoms with van der Waals surface area (Å²) in [5.74, 6) is 0.123. The molecule has 1 aromatic carbocycles. The molecule has 2 unspecified atom stereocenters. The van der Waals surface area contributed by atoms with Crippen molar-refractivity contribution in [1.29, 1.82) is 0 Å². The summed E-state index contributed by atoms with van der Waals surface area (Å²) >= 11 is 0. The maximum absolute atomic E-state index is 12.3. The lowest BCUT2D eigenvalue weighted by atomic mass is 9.85. The molecule has 0 radical (unpaired) electrons. The summed E-state index contributed by atoms with van der Waals surface area (Å²) in [5, 5.41) is 3.01. The summed E-state index contributed by atoms with van der Waals surface area (Å²) in [7, 11) is 1.65. The van der Waals surface area contributed by atoms with Gasteiger partial charge < -0.3 is 15.8 Å². The van der Waals surface area contributed by atoms with Crippen LogP contribution in [0.15, 0.2) is 24.3 Å². The molecule has 1 amide bonds. The van der Waals surface area contributed by atoms with E-state index in [1.807, 2.05) is 24.3 Å². The Hall–Kier alpha value is -1.10. The van der Waals surface area contributed by atoms with Gasteiger partial charge in [0, 0.05) is 30.3 Å². The third-order valence-electron chi connectivity index (χ3n) is 3.66. The first-order chi connectivity index (χ1) is 9.20. The number of hydrogen-bond acceptors (Lipinski definition) is 3. The van der Waals surface area contributed by atoms with Crippen molar-refractivity contribution in [2.45, 2.75) is 38.3 Å². The van der Waals surface area contributed by atoms with Gasteiger partial charge in [-0.05, 0) is 25.3 Å². The summed E-state index contributed by atoms with van der Waals surface area (Å²) in [4.78, 5) is 12.3. The zero-order valence-corrected chi connectivity index (χ0v) is 12.6. The third-order valence-corrected chi connectivity index (χ3v) is 3.66. The molecule has 1 saturated carbocycles. The summed E-state index contributed by atoms with van der Waals surface area (Å²) < 4.78 is 5.14. The van der Waals surface area contributed by atoms with E-state index < -0.39 is 0 Å². The highest BCUT2D eigenvalue weighted by molar-refractivity contribution is 5.93. The van der Waals surface area contributed by atoms with Gasteiger partial charge in [0.2, 0.25) is 5.91 Å². The summed E-state index contributed by atoms with van der Waals surface area (Å²) in [5.41, 5.74) is 7.77. The first kappa shape index (κ1) is 17.0. The molecule has 1 aromatic rings. The lowest BCUT2D eigenvalue weighted by Gasteiger charge is -2.26.